The Morgan fingerprint density at radius 2 is 1.93 bits per heavy atom. The topological polar surface area (TPSA) is 96.5 Å². The summed E-state index contributed by atoms with van der Waals surface area (Å²) < 4.78 is 5.32. The van der Waals surface area contributed by atoms with Crippen molar-refractivity contribution in [2.75, 3.05) is 13.1 Å². The third kappa shape index (κ3) is 4.04. The van der Waals surface area contributed by atoms with Gasteiger partial charge in [-0.2, -0.15) is 4.98 Å². The summed E-state index contributed by atoms with van der Waals surface area (Å²) in [6, 6.07) is 8.11. The molecule has 1 aromatic heterocycles. The minimum Gasteiger partial charge on any atom is -0.481 e. The Labute approximate surface area is 170 Å². The number of aromatic nitrogens is 2. The Bertz CT molecular complexity index is 895. The van der Waals surface area contributed by atoms with Crippen LogP contribution in [0, 0.1) is 11.3 Å². The number of likely N-dealkylation sites (tertiary alicyclic amines) is 1. The lowest BCUT2D eigenvalue weighted by Gasteiger charge is -2.32. The van der Waals surface area contributed by atoms with Crippen LogP contribution in [0.25, 0.3) is 11.4 Å². The van der Waals surface area contributed by atoms with Crippen LogP contribution in [0.5, 0.6) is 0 Å². The lowest BCUT2D eigenvalue weighted by atomic mass is 9.90. The van der Waals surface area contributed by atoms with Crippen LogP contribution in [0.2, 0.25) is 0 Å². The molecule has 0 radical (unpaired) electrons. The van der Waals surface area contributed by atoms with Crippen LogP contribution >= 0.6 is 0 Å². The zero-order valence-corrected chi connectivity index (χ0v) is 16.9. The van der Waals surface area contributed by atoms with Gasteiger partial charge in [0.1, 0.15) is 0 Å². The molecule has 2 fully saturated rings. The normalized spacial score (nSPS) is 20.2. The molecule has 1 aliphatic carbocycles. The first-order chi connectivity index (χ1) is 13.9. The molecule has 2 aromatic rings. The number of amides is 1. The second-order valence-corrected chi connectivity index (χ2v) is 8.63. The SMILES string of the molecule is CC(C)c1ccc(-c2noc(CCC(=O)N3CCC4(CC3)CC4C(=O)O)n2)cc1. The third-order valence-corrected chi connectivity index (χ3v) is 6.46. The summed E-state index contributed by atoms with van der Waals surface area (Å²) in [5.41, 5.74) is 2.09. The lowest BCUT2D eigenvalue weighted by Crippen LogP contribution is -2.40. The Morgan fingerprint density at radius 3 is 2.52 bits per heavy atom. The maximum absolute atomic E-state index is 12.5. The van der Waals surface area contributed by atoms with Crippen molar-refractivity contribution in [3.05, 3.63) is 35.7 Å². The van der Waals surface area contributed by atoms with Gasteiger partial charge in [0, 0.05) is 31.5 Å². The van der Waals surface area contributed by atoms with Crippen molar-refractivity contribution in [1.29, 1.82) is 0 Å². The molecule has 0 bridgehead atoms. The highest BCUT2D eigenvalue weighted by molar-refractivity contribution is 5.77. The second kappa shape index (κ2) is 7.61. The summed E-state index contributed by atoms with van der Waals surface area (Å²) in [6.45, 7) is 5.57. The number of carboxylic acid groups (broad SMARTS) is 1. The van der Waals surface area contributed by atoms with Crippen LogP contribution in [-0.4, -0.2) is 45.1 Å². The van der Waals surface area contributed by atoms with Gasteiger partial charge in [0.2, 0.25) is 17.6 Å². The molecule has 1 unspecified atom stereocenters. The van der Waals surface area contributed by atoms with E-state index in [1.54, 1.807) is 0 Å². The number of carbonyl (C=O) groups is 2. The molecule has 1 N–H and O–H groups in total. The molecular weight excluding hydrogens is 370 g/mol. The average molecular weight is 397 g/mol. The Kier molecular flexibility index (Phi) is 5.15. The molecule has 1 aliphatic heterocycles. The number of benzene rings is 1. The Hall–Kier alpha value is -2.70. The standard InChI is InChI=1S/C22H27N3O4/c1-14(2)15-3-5-16(6-4-15)20-23-18(29-24-20)7-8-19(26)25-11-9-22(10-12-25)13-17(22)21(27)28/h3-6,14,17H,7-13H2,1-2H3,(H,27,28). The van der Waals surface area contributed by atoms with E-state index in [4.69, 9.17) is 4.52 Å². The fourth-order valence-electron chi connectivity index (χ4n) is 4.31. The van der Waals surface area contributed by atoms with E-state index < -0.39 is 5.97 Å². The number of rotatable bonds is 6. The summed E-state index contributed by atoms with van der Waals surface area (Å²) in [4.78, 5) is 29.9. The fraction of sp³-hybridized carbons (Fsp3) is 0.545. The maximum Gasteiger partial charge on any atom is 0.307 e. The molecule has 7 heteroatoms. The highest BCUT2D eigenvalue weighted by Crippen LogP contribution is 2.59. The highest BCUT2D eigenvalue weighted by Gasteiger charge is 2.59. The molecule has 29 heavy (non-hydrogen) atoms. The first kappa shape index (κ1) is 19.6. The van der Waals surface area contributed by atoms with E-state index >= 15 is 0 Å². The number of aliphatic carboxylic acids is 1. The predicted octanol–water partition coefficient (Wildman–Crippen LogP) is 3.51. The van der Waals surface area contributed by atoms with Gasteiger partial charge in [-0.15, -0.1) is 0 Å². The number of nitrogens with zero attached hydrogens (tertiary/aromatic N) is 3. The van der Waals surface area contributed by atoms with Crippen molar-refractivity contribution in [1.82, 2.24) is 15.0 Å². The smallest absolute Gasteiger partial charge is 0.307 e. The van der Waals surface area contributed by atoms with Crippen molar-refractivity contribution in [3.8, 4) is 11.4 Å². The Balaban J connectivity index is 1.28. The van der Waals surface area contributed by atoms with E-state index in [-0.39, 0.29) is 17.2 Å². The molecule has 1 amide bonds. The van der Waals surface area contributed by atoms with E-state index in [9.17, 15) is 14.7 Å². The van der Waals surface area contributed by atoms with E-state index in [0.717, 1.165) is 24.8 Å². The van der Waals surface area contributed by atoms with Crippen molar-refractivity contribution in [3.63, 3.8) is 0 Å². The number of aryl methyl sites for hydroxylation is 1. The fourth-order valence-corrected chi connectivity index (χ4v) is 4.31. The zero-order valence-electron chi connectivity index (χ0n) is 16.9. The molecule has 1 aromatic carbocycles. The van der Waals surface area contributed by atoms with Crippen molar-refractivity contribution in [2.24, 2.45) is 11.3 Å². The van der Waals surface area contributed by atoms with Gasteiger partial charge in [-0.3, -0.25) is 9.59 Å². The summed E-state index contributed by atoms with van der Waals surface area (Å²) >= 11 is 0. The highest BCUT2D eigenvalue weighted by atomic mass is 16.5. The minimum absolute atomic E-state index is 0.0604. The molecule has 7 nitrogen and oxygen atoms in total. The van der Waals surface area contributed by atoms with Crippen LogP contribution in [0.4, 0.5) is 0 Å². The number of hydrogen-bond donors (Lipinski definition) is 1. The van der Waals surface area contributed by atoms with Crippen LogP contribution in [0.1, 0.15) is 56.9 Å². The van der Waals surface area contributed by atoms with Crippen molar-refractivity contribution in [2.45, 2.75) is 51.9 Å². The van der Waals surface area contributed by atoms with Gasteiger partial charge in [-0.1, -0.05) is 43.3 Å². The Morgan fingerprint density at radius 1 is 1.24 bits per heavy atom. The molecule has 154 valence electrons. The van der Waals surface area contributed by atoms with Gasteiger partial charge in [0.15, 0.2) is 0 Å². The molecule has 2 aliphatic rings. The molecule has 4 rings (SSSR count). The molecule has 1 saturated heterocycles. The second-order valence-electron chi connectivity index (χ2n) is 8.63. The molecule has 1 saturated carbocycles. The molecule has 2 heterocycles. The summed E-state index contributed by atoms with van der Waals surface area (Å²) in [6.07, 6.45) is 3.06. The van der Waals surface area contributed by atoms with E-state index in [2.05, 4.69) is 36.1 Å². The third-order valence-electron chi connectivity index (χ3n) is 6.46. The van der Waals surface area contributed by atoms with Crippen molar-refractivity contribution >= 4 is 11.9 Å². The quantitative estimate of drug-likeness (QED) is 0.801. The van der Waals surface area contributed by atoms with Crippen LogP contribution < -0.4 is 0 Å². The number of carbonyl (C=O) groups excluding carboxylic acids is 1. The van der Waals surface area contributed by atoms with Gasteiger partial charge in [0.25, 0.3) is 0 Å². The molecular formula is C22H27N3O4. The number of carboxylic acids is 1. The number of hydrogen-bond acceptors (Lipinski definition) is 5. The molecule has 1 spiro atoms. The monoisotopic (exact) mass is 397 g/mol. The summed E-state index contributed by atoms with van der Waals surface area (Å²) in [5.74, 6) is 0.616. The van der Waals surface area contributed by atoms with Crippen LogP contribution in [-0.2, 0) is 16.0 Å². The van der Waals surface area contributed by atoms with Crippen molar-refractivity contribution < 1.29 is 19.2 Å². The van der Waals surface area contributed by atoms with E-state index in [0.29, 0.717) is 43.6 Å². The largest absolute Gasteiger partial charge is 0.481 e. The minimum atomic E-state index is -0.698. The lowest BCUT2D eigenvalue weighted by molar-refractivity contribution is -0.139. The van der Waals surface area contributed by atoms with E-state index in [1.807, 2.05) is 17.0 Å². The predicted molar refractivity (Wildman–Crippen MR) is 106 cm³/mol. The van der Waals surface area contributed by atoms with Gasteiger partial charge in [-0.05, 0) is 36.2 Å². The van der Waals surface area contributed by atoms with Crippen LogP contribution in [0.3, 0.4) is 0 Å². The summed E-state index contributed by atoms with van der Waals surface area (Å²) in [5, 5.41) is 13.2. The first-order valence-electron chi connectivity index (χ1n) is 10.3. The maximum atomic E-state index is 12.5. The zero-order chi connectivity index (χ0) is 20.6. The molecule has 1 atom stereocenters. The number of piperidine rings is 1. The van der Waals surface area contributed by atoms with Crippen LogP contribution in [0.15, 0.2) is 28.8 Å². The van der Waals surface area contributed by atoms with E-state index in [1.165, 1.54) is 5.56 Å². The van der Waals surface area contributed by atoms with Gasteiger partial charge in [-0.25, -0.2) is 0 Å². The first-order valence-corrected chi connectivity index (χ1v) is 10.3. The van der Waals surface area contributed by atoms with Gasteiger partial charge >= 0.3 is 5.97 Å². The van der Waals surface area contributed by atoms with Gasteiger partial charge < -0.3 is 14.5 Å². The average Bonchev–Trinajstić information content (AvgIpc) is 3.21. The summed E-state index contributed by atoms with van der Waals surface area (Å²) in [7, 11) is 0. The van der Waals surface area contributed by atoms with Gasteiger partial charge in [0.05, 0.1) is 5.92 Å².